The van der Waals surface area contributed by atoms with E-state index in [2.05, 4.69) is 53.8 Å². The summed E-state index contributed by atoms with van der Waals surface area (Å²) in [6, 6.07) is 8.76. The average Bonchev–Trinajstić information content (AvgIpc) is 3.40. The Kier molecular flexibility index (Phi) is 7.08. The Morgan fingerprint density at radius 3 is 2.58 bits per heavy atom. The molecular weight excluding hydrogens is 498 g/mol. The molecule has 0 bridgehead atoms. The molecule has 3 atom stereocenters. The van der Waals surface area contributed by atoms with Crippen molar-refractivity contribution in [2.45, 2.75) is 63.8 Å². The van der Waals surface area contributed by atoms with Gasteiger partial charge in [0.15, 0.2) is 19.5 Å². The van der Waals surface area contributed by atoms with Crippen LogP contribution in [0.3, 0.4) is 0 Å². The fourth-order valence-corrected chi connectivity index (χ4v) is 6.16. The number of carbonyl (C=O) groups is 1. The Bertz CT molecular complexity index is 1430. The van der Waals surface area contributed by atoms with Crippen LogP contribution in [0.4, 0.5) is 0 Å². The Morgan fingerprint density at radius 2 is 1.94 bits per heavy atom. The molecule has 0 unspecified atom stereocenters. The molecule has 2 aromatic heterocycles. The summed E-state index contributed by atoms with van der Waals surface area (Å²) in [7, 11) is -5.56. The van der Waals surface area contributed by atoms with Gasteiger partial charge in [-0.3, -0.25) is 9.36 Å². The number of imidazole rings is 1. The number of nitrogens with zero attached hydrogens (tertiary/aromatic N) is 4. The highest BCUT2D eigenvalue weighted by atomic mass is 32.2. The molecule has 3 heterocycles. The Balaban J connectivity index is 1.76. The van der Waals surface area contributed by atoms with Crippen molar-refractivity contribution in [3.8, 4) is 0 Å². The van der Waals surface area contributed by atoms with Crippen LogP contribution in [-0.4, -0.2) is 66.4 Å². The normalized spacial score (nSPS) is 21.8. The first-order valence-corrected chi connectivity index (χ1v) is 16.8. The summed E-state index contributed by atoms with van der Waals surface area (Å²) in [5, 5.41) is -0.0626. The predicted octanol–water partition coefficient (Wildman–Crippen LogP) is 3.22. The highest BCUT2D eigenvalue weighted by molar-refractivity contribution is 7.90. The van der Waals surface area contributed by atoms with E-state index in [0.717, 1.165) is 0 Å². The van der Waals surface area contributed by atoms with E-state index in [9.17, 15) is 13.2 Å². The second-order valence-electron chi connectivity index (χ2n) is 10.7. The third kappa shape index (κ3) is 5.66. The maximum atomic E-state index is 13.0. The highest BCUT2D eigenvalue weighted by Gasteiger charge is 2.46. The maximum absolute atomic E-state index is 13.0. The van der Waals surface area contributed by atoms with Crippen LogP contribution in [0.25, 0.3) is 11.2 Å². The van der Waals surface area contributed by atoms with E-state index in [1.165, 1.54) is 18.9 Å². The van der Waals surface area contributed by atoms with Crippen LogP contribution >= 0.6 is 0 Å². The zero-order chi connectivity index (χ0) is 26.3. The minimum atomic E-state index is -3.34. The third-order valence-electron chi connectivity index (χ3n) is 6.83. The zero-order valence-electron chi connectivity index (χ0n) is 21.4. The number of fused-ring (bicyclic) bond motifs is 1. The van der Waals surface area contributed by atoms with Gasteiger partial charge >= 0.3 is 0 Å². The standard InChI is InChI=1S/C24H33N5O5SSi/c1-24(2,3)36(5,6)34-17-12-19(33-18(17)13-35(4,31)32)29-15-27-21-20(25-14-26-21)22(29)28-23(30)16-10-8-7-9-11-16/h7-11,14-15,17-19H,12-13H2,1-6H3,(H,25,26)/t17-,18-,19+/m0/s1. The predicted molar refractivity (Wildman–Crippen MR) is 139 cm³/mol. The summed E-state index contributed by atoms with van der Waals surface area (Å²) in [6.45, 7) is 10.7. The second kappa shape index (κ2) is 9.65. The lowest BCUT2D eigenvalue weighted by molar-refractivity contribution is -0.00641. The first-order valence-electron chi connectivity index (χ1n) is 11.8. The van der Waals surface area contributed by atoms with E-state index >= 15 is 0 Å². The van der Waals surface area contributed by atoms with Crippen molar-refractivity contribution in [2.24, 2.45) is 4.99 Å². The lowest BCUT2D eigenvalue weighted by Gasteiger charge is -2.39. The van der Waals surface area contributed by atoms with Gasteiger partial charge < -0.3 is 14.1 Å². The molecule has 1 amide bonds. The molecule has 0 spiro atoms. The smallest absolute Gasteiger partial charge is 0.279 e. The van der Waals surface area contributed by atoms with Crippen LogP contribution in [0.1, 0.15) is 43.8 Å². The minimum Gasteiger partial charge on any atom is -0.411 e. The monoisotopic (exact) mass is 531 g/mol. The molecule has 4 rings (SSSR count). The van der Waals surface area contributed by atoms with Crippen LogP contribution in [0.15, 0.2) is 48.0 Å². The first kappa shape index (κ1) is 26.4. The molecule has 1 fully saturated rings. The summed E-state index contributed by atoms with van der Waals surface area (Å²) in [4.78, 5) is 29.0. The SMILES string of the molecule is CC(C)(C)[Si](C)(C)O[C@H]1C[C@H](n2cnc3nc[nH]c3c2=NC(=O)c2ccccc2)O[C@H]1CS(C)(=O)=O. The molecule has 36 heavy (non-hydrogen) atoms. The first-order chi connectivity index (χ1) is 16.7. The lowest BCUT2D eigenvalue weighted by Crippen LogP contribution is -2.47. The van der Waals surface area contributed by atoms with Crippen LogP contribution in [0.2, 0.25) is 18.1 Å². The van der Waals surface area contributed by atoms with E-state index in [0.29, 0.717) is 28.6 Å². The van der Waals surface area contributed by atoms with Crippen molar-refractivity contribution >= 4 is 35.2 Å². The number of aromatic amines is 1. The minimum absolute atomic E-state index is 0.0626. The molecule has 194 valence electrons. The maximum Gasteiger partial charge on any atom is 0.279 e. The molecule has 12 heteroatoms. The van der Waals surface area contributed by atoms with Crippen LogP contribution < -0.4 is 5.49 Å². The number of amides is 1. The second-order valence-corrected chi connectivity index (χ2v) is 17.7. The van der Waals surface area contributed by atoms with Crippen molar-refractivity contribution in [1.29, 1.82) is 0 Å². The van der Waals surface area contributed by atoms with Crippen molar-refractivity contribution in [3.05, 3.63) is 54.0 Å². The number of sulfone groups is 1. The van der Waals surface area contributed by atoms with Crippen LogP contribution in [0.5, 0.6) is 0 Å². The number of H-pyrrole nitrogens is 1. The zero-order valence-corrected chi connectivity index (χ0v) is 23.2. The Morgan fingerprint density at radius 1 is 1.25 bits per heavy atom. The van der Waals surface area contributed by atoms with Gasteiger partial charge in [0.25, 0.3) is 5.91 Å². The number of carbonyl (C=O) groups excluding carboxylic acids is 1. The van der Waals surface area contributed by atoms with E-state index in [-0.39, 0.29) is 10.8 Å². The Hall–Kier alpha value is -2.67. The van der Waals surface area contributed by atoms with Gasteiger partial charge in [-0.05, 0) is 30.3 Å². The number of hydrogen-bond donors (Lipinski definition) is 1. The Labute approximate surface area is 211 Å². The molecule has 0 aliphatic carbocycles. The molecule has 1 aromatic carbocycles. The lowest BCUT2D eigenvalue weighted by atomic mass is 10.2. The number of ether oxygens (including phenoxy) is 1. The molecule has 10 nitrogen and oxygen atoms in total. The molecule has 1 N–H and O–H groups in total. The largest absolute Gasteiger partial charge is 0.411 e. The van der Waals surface area contributed by atoms with Gasteiger partial charge in [0, 0.05) is 18.2 Å². The van der Waals surface area contributed by atoms with Gasteiger partial charge in [0.1, 0.15) is 27.9 Å². The summed E-state index contributed by atoms with van der Waals surface area (Å²) in [5.41, 5.74) is 1.64. The molecule has 3 aromatic rings. The van der Waals surface area contributed by atoms with Crippen LogP contribution in [-0.2, 0) is 19.0 Å². The number of rotatable bonds is 6. The highest BCUT2D eigenvalue weighted by Crippen LogP contribution is 2.41. The molecular formula is C24H33N5O5SSi. The van der Waals surface area contributed by atoms with Crippen LogP contribution in [0, 0.1) is 0 Å². The number of benzene rings is 1. The fraction of sp³-hybridized carbons (Fsp3) is 0.500. The fourth-order valence-electron chi connectivity index (χ4n) is 3.91. The summed E-state index contributed by atoms with van der Waals surface area (Å²) >= 11 is 0. The van der Waals surface area contributed by atoms with E-state index in [4.69, 9.17) is 9.16 Å². The molecule has 1 aliphatic heterocycles. The molecule has 1 saturated heterocycles. The number of nitrogens with one attached hydrogen (secondary N) is 1. The van der Waals surface area contributed by atoms with Crippen molar-refractivity contribution in [3.63, 3.8) is 0 Å². The third-order valence-corrected chi connectivity index (χ3v) is 12.3. The van der Waals surface area contributed by atoms with E-state index in [1.807, 2.05) is 6.07 Å². The van der Waals surface area contributed by atoms with Crippen molar-refractivity contribution in [2.75, 3.05) is 12.0 Å². The molecule has 0 radical (unpaired) electrons. The van der Waals surface area contributed by atoms with Crippen molar-refractivity contribution in [1.82, 2.24) is 19.5 Å². The topological polar surface area (TPSA) is 129 Å². The van der Waals surface area contributed by atoms with Gasteiger partial charge in [-0.2, -0.15) is 4.99 Å². The molecule has 0 saturated carbocycles. The van der Waals surface area contributed by atoms with E-state index in [1.54, 1.807) is 28.8 Å². The van der Waals surface area contributed by atoms with E-state index < -0.39 is 42.5 Å². The number of hydrogen-bond acceptors (Lipinski definition) is 7. The summed E-state index contributed by atoms with van der Waals surface area (Å²) in [5.74, 6) is -0.593. The van der Waals surface area contributed by atoms with Gasteiger partial charge in [0.05, 0.1) is 24.3 Å². The van der Waals surface area contributed by atoms with Gasteiger partial charge in [-0.15, -0.1) is 0 Å². The number of aromatic nitrogens is 4. The quantitative estimate of drug-likeness (QED) is 0.484. The molecule has 1 aliphatic rings. The summed E-state index contributed by atoms with van der Waals surface area (Å²) in [6.07, 6.45) is 2.86. The van der Waals surface area contributed by atoms with Crippen molar-refractivity contribution < 1.29 is 22.4 Å². The van der Waals surface area contributed by atoms with Gasteiger partial charge in [0.2, 0.25) is 0 Å². The van der Waals surface area contributed by atoms with Gasteiger partial charge in [-0.1, -0.05) is 39.0 Å². The van der Waals surface area contributed by atoms with Gasteiger partial charge in [-0.25, -0.2) is 18.4 Å². The summed E-state index contributed by atoms with van der Waals surface area (Å²) < 4.78 is 39.0. The average molecular weight is 532 g/mol.